The first-order valence-electron chi connectivity index (χ1n) is 7.47. The SMILES string of the molecule is CC(C(=O)N1CCC(F)(C(=O)O)C1)n1nnc(-c2ccccc2)n1. The number of rotatable bonds is 4. The van der Waals surface area contributed by atoms with Gasteiger partial charge in [-0.1, -0.05) is 30.3 Å². The fourth-order valence-corrected chi connectivity index (χ4v) is 2.59. The predicted octanol–water partition coefficient (Wildman–Crippen LogP) is 0.926. The Morgan fingerprint density at radius 3 is 2.67 bits per heavy atom. The van der Waals surface area contributed by atoms with E-state index in [1.807, 2.05) is 30.3 Å². The Bertz CT molecular complexity index is 765. The molecule has 1 fully saturated rings. The maximum atomic E-state index is 14.1. The number of likely N-dealkylation sites (tertiary alicyclic amines) is 1. The van der Waals surface area contributed by atoms with Gasteiger partial charge in [0.15, 0.2) is 0 Å². The van der Waals surface area contributed by atoms with E-state index >= 15 is 0 Å². The summed E-state index contributed by atoms with van der Waals surface area (Å²) >= 11 is 0. The van der Waals surface area contributed by atoms with Gasteiger partial charge in [-0.15, -0.1) is 10.2 Å². The summed E-state index contributed by atoms with van der Waals surface area (Å²) < 4.78 is 14.1. The Morgan fingerprint density at radius 2 is 2.04 bits per heavy atom. The molecular formula is C15H16FN5O3. The van der Waals surface area contributed by atoms with E-state index < -0.39 is 30.1 Å². The summed E-state index contributed by atoms with van der Waals surface area (Å²) in [5.74, 6) is -1.61. The van der Waals surface area contributed by atoms with Crippen molar-refractivity contribution in [1.29, 1.82) is 0 Å². The van der Waals surface area contributed by atoms with Gasteiger partial charge >= 0.3 is 5.97 Å². The molecule has 2 aromatic rings. The van der Waals surface area contributed by atoms with E-state index in [-0.39, 0.29) is 13.0 Å². The van der Waals surface area contributed by atoms with Crippen LogP contribution < -0.4 is 0 Å². The van der Waals surface area contributed by atoms with Crippen molar-refractivity contribution in [2.45, 2.75) is 25.1 Å². The van der Waals surface area contributed by atoms with Gasteiger partial charge in [-0.3, -0.25) is 4.79 Å². The smallest absolute Gasteiger partial charge is 0.343 e. The lowest BCUT2D eigenvalue weighted by molar-refractivity contribution is -0.150. The van der Waals surface area contributed by atoms with E-state index in [1.165, 1.54) is 4.90 Å². The van der Waals surface area contributed by atoms with Crippen LogP contribution in [0.5, 0.6) is 0 Å². The van der Waals surface area contributed by atoms with Gasteiger partial charge in [-0.25, -0.2) is 9.18 Å². The fraction of sp³-hybridized carbons (Fsp3) is 0.400. The molecule has 24 heavy (non-hydrogen) atoms. The van der Waals surface area contributed by atoms with Crippen LogP contribution in [0.25, 0.3) is 11.4 Å². The van der Waals surface area contributed by atoms with Crippen molar-refractivity contribution in [2.24, 2.45) is 0 Å². The van der Waals surface area contributed by atoms with Gasteiger partial charge in [0.2, 0.25) is 17.4 Å². The van der Waals surface area contributed by atoms with Crippen LogP contribution in [-0.4, -0.2) is 60.8 Å². The third kappa shape index (κ3) is 2.84. The van der Waals surface area contributed by atoms with E-state index in [0.717, 1.165) is 10.4 Å². The number of aromatic nitrogens is 4. The van der Waals surface area contributed by atoms with E-state index in [9.17, 15) is 14.0 Å². The molecule has 2 unspecified atom stereocenters. The number of nitrogens with zero attached hydrogens (tertiary/aromatic N) is 5. The molecule has 1 N–H and O–H groups in total. The molecule has 1 aliphatic heterocycles. The van der Waals surface area contributed by atoms with Crippen LogP contribution in [0.4, 0.5) is 4.39 Å². The minimum atomic E-state index is -2.39. The fourth-order valence-electron chi connectivity index (χ4n) is 2.59. The second-order valence-corrected chi connectivity index (χ2v) is 5.76. The maximum absolute atomic E-state index is 14.1. The number of aliphatic carboxylic acids is 1. The summed E-state index contributed by atoms with van der Waals surface area (Å²) in [6, 6.07) is 8.37. The molecule has 1 aromatic heterocycles. The summed E-state index contributed by atoms with van der Waals surface area (Å²) in [6.45, 7) is 1.15. The third-order valence-corrected chi connectivity index (χ3v) is 4.08. The quantitative estimate of drug-likeness (QED) is 0.893. The minimum absolute atomic E-state index is 0.0478. The molecule has 1 amide bonds. The lowest BCUT2D eigenvalue weighted by Crippen LogP contribution is -2.41. The van der Waals surface area contributed by atoms with Crippen LogP contribution in [0, 0.1) is 0 Å². The van der Waals surface area contributed by atoms with Crippen molar-refractivity contribution in [3.63, 3.8) is 0 Å². The number of amides is 1. The molecule has 1 saturated heterocycles. The summed E-state index contributed by atoms with van der Waals surface area (Å²) in [5, 5.41) is 20.9. The van der Waals surface area contributed by atoms with Crippen molar-refractivity contribution in [2.75, 3.05) is 13.1 Å². The van der Waals surface area contributed by atoms with Crippen LogP contribution in [0.1, 0.15) is 19.4 Å². The van der Waals surface area contributed by atoms with Crippen LogP contribution in [0.3, 0.4) is 0 Å². The van der Waals surface area contributed by atoms with Gasteiger partial charge in [0.1, 0.15) is 6.04 Å². The number of benzene rings is 1. The highest BCUT2D eigenvalue weighted by atomic mass is 19.1. The standard InChI is InChI=1S/C15H16FN5O3/c1-10(13(22)20-8-7-15(16,9-20)14(23)24)21-18-12(17-19-21)11-5-3-2-4-6-11/h2-6,10H,7-9H2,1H3,(H,23,24). The second-order valence-electron chi connectivity index (χ2n) is 5.76. The summed E-state index contributed by atoms with van der Waals surface area (Å²) in [5.41, 5.74) is -1.63. The number of halogens is 1. The van der Waals surface area contributed by atoms with Crippen molar-refractivity contribution in [3.05, 3.63) is 30.3 Å². The largest absolute Gasteiger partial charge is 0.479 e. The van der Waals surface area contributed by atoms with Gasteiger partial charge in [-0.05, 0) is 12.1 Å². The molecule has 0 bridgehead atoms. The normalized spacial score (nSPS) is 21.7. The number of hydrogen-bond donors (Lipinski definition) is 1. The lowest BCUT2D eigenvalue weighted by Gasteiger charge is -2.20. The Balaban J connectivity index is 1.73. The topological polar surface area (TPSA) is 101 Å². The van der Waals surface area contributed by atoms with Crippen molar-refractivity contribution in [1.82, 2.24) is 25.1 Å². The van der Waals surface area contributed by atoms with Crippen LogP contribution in [-0.2, 0) is 9.59 Å². The first-order valence-corrected chi connectivity index (χ1v) is 7.47. The lowest BCUT2D eigenvalue weighted by atomic mass is 10.1. The van der Waals surface area contributed by atoms with Gasteiger partial charge < -0.3 is 10.0 Å². The molecule has 9 heteroatoms. The second kappa shape index (κ2) is 5.99. The first kappa shape index (κ1) is 16.0. The molecule has 2 atom stereocenters. The molecule has 126 valence electrons. The first-order chi connectivity index (χ1) is 11.4. The number of tetrazole rings is 1. The molecule has 0 saturated carbocycles. The molecule has 1 aromatic carbocycles. The van der Waals surface area contributed by atoms with E-state index in [1.54, 1.807) is 6.92 Å². The monoisotopic (exact) mass is 333 g/mol. The molecule has 3 rings (SSSR count). The number of hydrogen-bond acceptors (Lipinski definition) is 5. The molecular weight excluding hydrogens is 317 g/mol. The van der Waals surface area contributed by atoms with E-state index in [4.69, 9.17) is 5.11 Å². The molecule has 2 heterocycles. The van der Waals surface area contributed by atoms with Gasteiger partial charge in [0, 0.05) is 18.5 Å². The van der Waals surface area contributed by atoms with Crippen LogP contribution >= 0.6 is 0 Å². The highest BCUT2D eigenvalue weighted by Gasteiger charge is 2.47. The highest BCUT2D eigenvalue weighted by molar-refractivity contribution is 5.84. The Hall–Kier alpha value is -2.84. The third-order valence-electron chi connectivity index (χ3n) is 4.08. The summed E-state index contributed by atoms with van der Waals surface area (Å²) in [7, 11) is 0. The number of alkyl halides is 1. The molecule has 1 aliphatic rings. The average molecular weight is 333 g/mol. The van der Waals surface area contributed by atoms with Crippen molar-refractivity contribution < 1.29 is 19.1 Å². The molecule has 8 nitrogen and oxygen atoms in total. The number of carbonyl (C=O) groups is 2. The van der Waals surface area contributed by atoms with Crippen LogP contribution in [0.2, 0.25) is 0 Å². The molecule has 0 aliphatic carbocycles. The predicted molar refractivity (Wildman–Crippen MR) is 80.6 cm³/mol. The van der Waals surface area contributed by atoms with E-state index in [0.29, 0.717) is 5.82 Å². The zero-order valence-corrected chi connectivity index (χ0v) is 13.0. The maximum Gasteiger partial charge on any atom is 0.343 e. The number of carbonyl (C=O) groups excluding carboxylic acids is 1. The Morgan fingerprint density at radius 1 is 1.33 bits per heavy atom. The summed E-state index contributed by atoms with van der Waals surface area (Å²) in [6.07, 6.45) is -0.221. The van der Waals surface area contributed by atoms with Crippen molar-refractivity contribution in [3.8, 4) is 11.4 Å². The van der Waals surface area contributed by atoms with Gasteiger partial charge in [-0.2, -0.15) is 4.80 Å². The zero-order valence-electron chi connectivity index (χ0n) is 13.0. The number of carboxylic acid groups (broad SMARTS) is 1. The minimum Gasteiger partial charge on any atom is -0.479 e. The highest BCUT2D eigenvalue weighted by Crippen LogP contribution is 2.27. The van der Waals surface area contributed by atoms with E-state index in [2.05, 4.69) is 15.4 Å². The zero-order chi connectivity index (χ0) is 17.3. The van der Waals surface area contributed by atoms with Crippen LogP contribution in [0.15, 0.2) is 30.3 Å². The Labute approximate surface area is 136 Å². The number of carboxylic acids is 1. The molecule has 0 spiro atoms. The Kier molecular flexibility index (Phi) is 4.00. The van der Waals surface area contributed by atoms with Gasteiger partial charge in [0.05, 0.1) is 6.54 Å². The molecule has 0 radical (unpaired) electrons. The van der Waals surface area contributed by atoms with Gasteiger partial charge in [0.25, 0.3) is 0 Å². The summed E-state index contributed by atoms with van der Waals surface area (Å²) in [4.78, 5) is 25.7. The van der Waals surface area contributed by atoms with Crippen molar-refractivity contribution >= 4 is 11.9 Å². The average Bonchev–Trinajstić information content (AvgIpc) is 3.22.